The number of halogens is 1. The Morgan fingerprint density at radius 3 is 2.73 bits per heavy atom. The quantitative estimate of drug-likeness (QED) is 0.644. The van der Waals surface area contributed by atoms with Gasteiger partial charge in [-0.3, -0.25) is 9.59 Å². The molecule has 2 aromatic carbocycles. The minimum atomic E-state index is -0.485. The summed E-state index contributed by atoms with van der Waals surface area (Å²) in [6, 6.07) is 14.1. The summed E-state index contributed by atoms with van der Waals surface area (Å²) in [4.78, 5) is 31.0. The lowest BCUT2D eigenvalue weighted by atomic mass is 10.1. The fourth-order valence-electron chi connectivity index (χ4n) is 2.45. The van der Waals surface area contributed by atoms with Crippen molar-refractivity contribution < 1.29 is 4.79 Å². The second-order valence-corrected chi connectivity index (χ2v) is 5.47. The molecule has 4 N–H and O–H groups in total. The highest BCUT2D eigenvalue weighted by molar-refractivity contribution is 5.92. The minimum Gasteiger partial charge on any atom is -0.345 e. The molecule has 0 unspecified atom stereocenters. The first-order chi connectivity index (χ1) is 12.1. The number of nitrogens with two attached hydrogens (primary N) is 1. The zero-order valence-corrected chi connectivity index (χ0v) is 14.5. The smallest absolute Gasteiger partial charge is 0.287 e. The van der Waals surface area contributed by atoms with E-state index >= 15 is 0 Å². The van der Waals surface area contributed by atoms with E-state index in [4.69, 9.17) is 11.0 Å². The predicted octanol–water partition coefficient (Wildman–Crippen LogP) is 1.61. The van der Waals surface area contributed by atoms with Crippen LogP contribution in [0.4, 0.5) is 0 Å². The standard InChI is InChI=1S/C18H15N5O2.ClH/c19-8-11-2-1-3-13(6-11)10-21-18(25)16-22-15-5-4-12(9-20)7-14(15)17(24)23-16;/h1-7H,8,10,19H2,(H,21,25)(H,22,23,24);1H. The van der Waals surface area contributed by atoms with Crippen molar-refractivity contribution in [2.45, 2.75) is 13.1 Å². The number of aromatic amines is 1. The van der Waals surface area contributed by atoms with Crippen LogP contribution in [0.2, 0.25) is 0 Å². The summed E-state index contributed by atoms with van der Waals surface area (Å²) in [5.74, 6) is -0.557. The Labute approximate surface area is 155 Å². The van der Waals surface area contributed by atoms with E-state index in [2.05, 4.69) is 15.3 Å². The van der Waals surface area contributed by atoms with E-state index in [1.807, 2.05) is 30.3 Å². The third-order valence-corrected chi connectivity index (χ3v) is 3.73. The molecule has 0 fully saturated rings. The Morgan fingerprint density at radius 1 is 1.23 bits per heavy atom. The summed E-state index contributed by atoms with van der Waals surface area (Å²) in [7, 11) is 0. The highest BCUT2D eigenvalue weighted by Gasteiger charge is 2.12. The molecule has 0 bridgehead atoms. The van der Waals surface area contributed by atoms with Gasteiger partial charge in [-0.05, 0) is 29.3 Å². The van der Waals surface area contributed by atoms with E-state index in [0.717, 1.165) is 11.1 Å². The van der Waals surface area contributed by atoms with Gasteiger partial charge in [-0.2, -0.15) is 5.26 Å². The van der Waals surface area contributed by atoms with Crippen molar-refractivity contribution in [1.29, 1.82) is 5.26 Å². The Morgan fingerprint density at radius 2 is 2.00 bits per heavy atom. The van der Waals surface area contributed by atoms with E-state index in [1.165, 1.54) is 6.07 Å². The molecule has 0 saturated carbocycles. The van der Waals surface area contributed by atoms with Gasteiger partial charge in [-0.15, -0.1) is 12.4 Å². The van der Waals surface area contributed by atoms with Gasteiger partial charge in [-0.1, -0.05) is 24.3 Å². The Hall–Kier alpha value is -3.21. The molecule has 0 atom stereocenters. The summed E-state index contributed by atoms with van der Waals surface area (Å²) >= 11 is 0. The number of hydrogen-bond acceptors (Lipinski definition) is 5. The van der Waals surface area contributed by atoms with Gasteiger partial charge in [0.1, 0.15) is 0 Å². The molecule has 0 spiro atoms. The first kappa shape index (κ1) is 19.1. The van der Waals surface area contributed by atoms with Gasteiger partial charge in [0, 0.05) is 13.1 Å². The molecule has 0 radical (unpaired) electrons. The van der Waals surface area contributed by atoms with Crippen LogP contribution >= 0.6 is 12.4 Å². The maximum Gasteiger partial charge on any atom is 0.287 e. The Bertz CT molecular complexity index is 1060. The third-order valence-electron chi connectivity index (χ3n) is 3.73. The van der Waals surface area contributed by atoms with Crippen LogP contribution in [0.3, 0.4) is 0 Å². The number of fused-ring (bicyclic) bond motifs is 1. The molecule has 8 heteroatoms. The van der Waals surface area contributed by atoms with Crippen LogP contribution in [0.15, 0.2) is 47.3 Å². The fraction of sp³-hybridized carbons (Fsp3) is 0.111. The second kappa shape index (κ2) is 8.25. The fourth-order valence-corrected chi connectivity index (χ4v) is 2.45. The van der Waals surface area contributed by atoms with Crippen molar-refractivity contribution in [2.24, 2.45) is 5.73 Å². The molecular weight excluding hydrogens is 354 g/mol. The van der Waals surface area contributed by atoms with Crippen molar-refractivity contribution in [3.8, 4) is 6.07 Å². The molecule has 0 aliphatic rings. The molecular formula is C18H16ClN5O2. The molecule has 132 valence electrons. The third kappa shape index (κ3) is 4.06. The maximum absolute atomic E-state index is 12.3. The van der Waals surface area contributed by atoms with Crippen LogP contribution in [0, 0.1) is 11.3 Å². The van der Waals surface area contributed by atoms with Crippen molar-refractivity contribution in [1.82, 2.24) is 15.3 Å². The SMILES string of the molecule is Cl.N#Cc1ccc2nc(C(=O)NCc3cccc(CN)c3)[nH]c(=O)c2c1. The van der Waals surface area contributed by atoms with Crippen LogP contribution in [-0.4, -0.2) is 15.9 Å². The largest absolute Gasteiger partial charge is 0.345 e. The number of carbonyl (C=O) groups is 1. The van der Waals surface area contributed by atoms with Crippen LogP contribution in [0.5, 0.6) is 0 Å². The normalized spacial score (nSPS) is 10.0. The Kier molecular flexibility index (Phi) is 6.07. The van der Waals surface area contributed by atoms with E-state index in [9.17, 15) is 9.59 Å². The van der Waals surface area contributed by atoms with Crippen LogP contribution in [0.25, 0.3) is 10.9 Å². The number of nitriles is 1. The lowest BCUT2D eigenvalue weighted by molar-refractivity contribution is 0.0940. The number of carbonyl (C=O) groups excluding carboxylic acids is 1. The van der Waals surface area contributed by atoms with Crippen LogP contribution in [-0.2, 0) is 13.1 Å². The number of H-pyrrole nitrogens is 1. The molecule has 3 aromatic rings. The molecule has 26 heavy (non-hydrogen) atoms. The number of benzene rings is 2. The monoisotopic (exact) mass is 369 g/mol. The molecule has 3 rings (SSSR count). The van der Waals surface area contributed by atoms with E-state index < -0.39 is 11.5 Å². The van der Waals surface area contributed by atoms with Crippen LogP contribution in [0.1, 0.15) is 27.3 Å². The highest BCUT2D eigenvalue weighted by atomic mass is 35.5. The number of hydrogen-bond donors (Lipinski definition) is 3. The van der Waals surface area contributed by atoms with Crippen molar-refractivity contribution >= 4 is 29.2 Å². The number of nitrogens with one attached hydrogen (secondary N) is 2. The van der Waals surface area contributed by atoms with E-state index in [0.29, 0.717) is 24.2 Å². The topological polar surface area (TPSA) is 125 Å². The second-order valence-electron chi connectivity index (χ2n) is 5.47. The summed E-state index contributed by atoms with van der Waals surface area (Å²) in [6.45, 7) is 0.716. The van der Waals surface area contributed by atoms with Gasteiger partial charge in [0.2, 0.25) is 0 Å². The Balaban J connectivity index is 0.00000243. The van der Waals surface area contributed by atoms with Gasteiger partial charge in [0.15, 0.2) is 5.82 Å². The average molecular weight is 370 g/mol. The van der Waals surface area contributed by atoms with Gasteiger partial charge >= 0.3 is 0 Å². The number of rotatable bonds is 4. The molecule has 0 aliphatic heterocycles. The molecule has 7 nitrogen and oxygen atoms in total. The van der Waals surface area contributed by atoms with Crippen molar-refractivity contribution in [2.75, 3.05) is 0 Å². The summed E-state index contributed by atoms with van der Waals surface area (Å²) < 4.78 is 0. The summed E-state index contributed by atoms with van der Waals surface area (Å²) in [6.07, 6.45) is 0. The first-order valence-electron chi connectivity index (χ1n) is 7.61. The maximum atomic E-state index is 12.3. The number of nitrogens with zero attached hydrogens (tertiary/aromatic N) is 2. The minimum absolute atomic E-state index is 0. The lowest BCUT2D eigenvalue weighted by Crippen LogP contribution is -2.27. The molecule has 0 aliphatic carbocycles. The molecule has 1 aromatic heterocycles. The highest BCUT2D eigenvalue weighted by Crippen LogP contribution is 2.10. The molecule has 0 saturated heterocycles. The average Bonchev–Trinajstić information content (AvgIpc) is 2.65. The number of aromatic nitrogens is 2. The zero-order chi connectivity index (χ0) is 17.8. The van der Waals surface area contributed by atoms with Crippen molar-refractivity contribution in [3.05, 3.63) is 75.3 Å². The van der Waals surface area contributed by atoms with Gasteiger partial charge < -0.3 is 16.0 Å². The summed E-state index contributed by atoms with van der Waals surface area (Å²) in [5, 5.41) is 11.9. The van der Waals surface area contributed by atoms with Crippen molar-refractivity contribution in [3.63, 3.8) is 0 Å². The molecule has 1 heterocycles. The first-order valence-corrected chi connectivity index (χ1v) is 7.61. The van der Waals surface area contributed by atoms with Gasteiger partial charge in [0.25, 0.3) is 11.5 Å². The zero-order valence-electron chi connectivity index (χ0n) is 13.7. The lowest BCUT2D eigenvalue weighted by Gasteiger charge is -2.07. The van der Waals surface area contributed by atoms with Gasteiger partial charge in [0.05, 0.1) is 22.5 Å². The van der Waals surface area contributed by atoms with Gasteiger partial charge in [-0.25, -0.2) is 4.98 Å². The van der Waals surface area contributed by atoms with E-state index in [1.54, 1.807) is 12.1 Å². The predicted molar refractivity (Wildman–Crippen MR) is 99.8 cm³/mol. The molecule has 1 amide bonds. The van der Waals surface area contributed by atoms with E-state index in [-0.39, 0.29) is 23.6 Å². The summed E-state index contributed by atoms with van der Waals surface area (Å²) in [5.41, 5.74) is 7.73. The number of amides is 1. The van der Waals surface area contributed by atoms with Crippen LogP contribution < -0.4 is 16.6 Å².